The summed E-state index contributed by atoms with van der Waals surface area (Å²) in [5, 5.41) is 11.3. The van der Waals surface area contributed by atoms with Crippen LogP contribution in [0, 0.1) is 6.92 Å². The van der Waals surface area contributed by atoms with Crippen molar-refractivity contribution in [1.82, 2.24) is 4.90 Å². The van der Waals surface area contributed by atoms with Gasteiger partial charge in [0.25, 0.3) is 11.7 Å². The number of aryl methyl sites for hydroxylation is 1. The Labute approximate surface area is 178 Å². The number of ketones is 1. The molecule has 1 N–H and O–H groups in total. The summed E-state index contributed by atoms with van der Waals surface area (Å²) in [6.07, 6.45) is 1.48. The normalized spacial score (nSPS) is 17.9. The maximum Gasteiger partial charge on any atom is 0.296 e. The van der Waals surface area contributed by atoms with Crippen molar-refractivity contribution in [2.24, 2.45) is 0 Å². The number of carbonyl (C=O) groups excluding carboxylic acids is 2. The molecule has 2 aromatic heterocycles. The van der Waals surface area contributed by atoms with Gasteiger partial charge in [-0.05, 0) is 43.3 Å². The first kappa shape index (κ1) is 20.3. The third-order valence-corrected chi connectivity index (χ3v) is 5.14. The average molecular weight is 423 g/mol. The maximum atomic E-state index is 13.1. The van der Waals surface area contributed by atoms with Crippen molar-refractivity contribution in [2.45, 2.75) is 19.5 Å². The van der Waals surface area contributed by atoms with Crippen LogP contribution < -0.4 is 9.47 Å². The summed E-state index contributed by atoms with van der Waals surface area (Å²) in [7, 11) is 2.88. The van der Waals surface area contributed by atoms with Crippen molar-refractivity contribution in [2.75, 3.05) is 14.2 Å². The Balaban J connectivity index is 1.93. The molecule has 0 radical (unpaired) electrons. The highest BCUT2D eigenvalue weighted by atomic mass is 16.5. The van der Waals surface area contributed by atoms with Crippen LogP contribution in [-0.2, 0) is 16.1 Å². The van der Waals surface area contributed by atoms with Crippen molar-refractivity contribution >= 4 is 17.4 Å². The van der Waals surface area contributed by atoms with E-state index in [1.54, 1.807) is 49.4 Å². The van der Waals surface area contributed by atoms with Gasteiger partial charge in [0.1, 0.15) is 46.1 Å². The summed E-state index contributed by atoms with van der Waals surface area (Å²) in [4.78, 5) is 27.4. The number of hydrogen-bond acceptors (Lipinski definition) is 7. The van der Waals surface area contributed by atoms with Gasteiger partial charge in [0.15, 0.2) is 0 Å². The highest BCUT2D eigenvalue weighted by molar-refractivity contribution is 6.46. The van der Waals surface area contributed by atoms with E-state index in [0.717, 1.165) is 0 Å². The standard InChI is InChI=1S/C23H21NO7/c1-13-9-10-17(31-13)20-19(21(25)18-15(28-2)7-4-8-16(18)29-3)22(26)23(27)24(20)12-14-6-5-11-30-14/h4-11,20,25H,12H2,1-3H3/b21-19+. The van der Waals surface area contributed by atoms with Gasteiger partial charge in [0.2, 0.25) is 0 Å². The van der Waals surface area contributed by atoms with Gasteiger partial charge in [0.05, 0.1) is 32.6 Å². The lowest BCUT2D eigenvalue weighted by molar-refractivity contribution is -0.140. The predicted molar refractivity (Wildman–Crippen MR) is 110 cm³/mol. The summed E-state index contributed by atoms with van der Waals surface area (Å²) in [5.74, 6) is 0.0136. The Hall–Kier alpha value is -3.94. The molecule has 3 aromatic rings. The molecule has 8 nitrogen and oxygen atoms in total. The molecule has 1 aliphatic rings. The fourth-order valence-electron chi connectivity index (χ4n) is 3.73. The molecular formula is C23H21NO7. The average Bonchev–Trinajstić information content (AvgIpc) is 3.50. The quantitative estimate of drug-likeness (QED) is 0.365. The van der Waals surface area contributed by atoms with Gasteiger partial charge < -0.3 is 28.3 Å². The van der Waals surface area contributed by atoms with Gasteiger partial charge in [-0.15, -0.1) is 0 Å². The number of hydrogen-bond donors (Lipinski definition) is 1. The Kier molecular flexibility index (Phi) is 5.29. The van der Waals surface area contributed by atoms with Crippen molar-refractivity contribution < 1.29 is 33.0 Å². The Morgan fingerprint density at radius 3 is 2.32 bits per heavy atom. The molecule has 3 heterocycles. The SMILES string of the molecule is COc1cccc(OC)c1/C(O)=C1\C(=O)C(=O)N(Cc2ccco2)C1c1ccc(C)o1. The number of benzene rings is 1. The smallest absolute Gasteiger partial charge is 0.296 e. The minimum Gasteiger partial charge on any atom is -0.506 e. The van der Waals surface area contributed by atoms with Crippen molar-refractivity contribution in [1.29, 1.82) is 0 Å². The number of Topliss-reactive ketones (excluding diaryl/α,β-unsaturated/α-hetero) is 1. The third kappa shape index (κ3) is 3.46. The highest BCUT2D eigenvalue weighted by Crippen LogP contribution is 2.44. The van der Waals surface area contributed by atoms with Gasteiger partial charge in [-0.1, -0.05) is 6.07 Å². The van der Waals surface area contributed by atoms with Crippen LogP contribution in [0.2, 0.25) is 0 Å². The number of aliphatic hydroxyl groups excluding tert-OH is 1. The van der Waals surface area contributed by atoms with Crippen LogP contribution in [0.25, 0.3) is 5.76 Å². The maximum absolute atomic E-state index is 13.1. The van der Waals surface area contributed by atoms with Gasteiger partial charge in [-0.2, -0.15) is 0 Å². The van der Waals surface area contributed by atoms with E-state index in [2.05, 4.69) is 0 Å². The monoisotopic (exact) mass is 423 g/mol. The lowest BCUT2D eigenvalue weighted by Crippen LogP contribution is -2.28. The van der Waals surface area contributed by atoms with Crippen LogP contribution >= 0.6 is 0 Å². The van der Waals surface area contributed by atoms with Crippen molar-refractivity contribution in [3.63, 3.8) is 0 Å². The largest absolute Gasteiger partial charge is 0.506 e. The fourth-order valence-corrected chi connectivity index (χ4v) is 3.73. The molecule has 8 heteroatoms. The van der Waals surface area contributed by atoms with Crippen LogP contribution in [0.5, 0.6) is 11.5 Å². The first-order chi connectivity index (χ1) is 15.0. The second-order valence-electron chi connectivity index (χ2n) is 6.99. The Morgan fingerprint density at radius 2 is 1.77 bits per heavy atom. The molecule has 0 spiro atoms. The zero-order valence-corrected chi connectivity index (χ0v) is 17.2. The number of furan rings is 2. The van der Waals surface area contributed by atoms with E-state index >= 15 is 0 Å². The van der Waals surface area contributed by atoms with Gasteiger partial charge >= 0.3 is 0 Å². The van der Waals surface area contributed by atoms with Gasteiger partial charge in [-0.3, -0.25) is 9.59 Å². The van der Waals surface area contributed by atoms with E-state index in [4.69, 9.17) is 18.3 Å². The molecule has 1 fully saturated rings. The summed E-state index contributed by atoms with van der Waals surface area (Å²) in [5.41, 5.74) is 0.0606. The van der Waals surface area contributed by atoms with Crippen LogP contribution in [-0.4, -0.2) is 35.9 Å². The molecule has 1 aliphatic heterocycles. The first-order valence-corrected chi connectivity index (χ1v) is 9.54. The number of rotatable bonds is 6. The summed E-state index contributed by atoms with van der Waals surface area (Å²) >= 11 is 0. The predicted octanol–water partition coefficient (Wildman–Crippen LogP) is 3.82. The molecular weight excluding hydrogens is 402 g/mol. The first-order valence-electron chi connectivity index (χ1n) is 9.54. The molecule has 4 rings (SSSR count). The lowest BCUT2D eigenvalue weighted by atomic mass is 9.98. The number of amides is 1. The molecule has 1 atom stereocenters. The van der Waals surface area contributed by atoms with Gasteiger partial charge in [-0.25, -0.2) is 0 Å². The zero-order valence-electron chi connectivity index (χ0n) is 17.2. The number of carbonyl (C=O) groups is 2. The van der Waals surface area contributed by atoms with Crippen molar-refractivity contribution in [3.05, 3.63) is 77.1 Å². The van der Waals surface area contributed by atoms with E-state index in [9.17, 15) is 14.7 Å². The number of ether oxygens (including phenoxy) is 2. The Morgan fingerprint density at radius 1 is 1.06 bits per heavy atom. The summed E-state index contributed by atoms with van der Waals surface area (Å²) in [6.45, 7) is 1.79. The highest BCUT2D eigenvalue weighted by Gasteiger charge is 2.48. The number of aliphatic hydroxyl groups is 1. The van der Waals surface area contributed by atoms with Crippen molar-refractivity contribution in [3.8, 4) is 11.5 Å². The number of methoxy groups -OCH3 is 2. The van der Waals surface area contributed by atoms with Crippen LogP contribution in [0.15, 0.2) is 63.1 Å². The second kappa shape index (κ2) is 8.06. The summed E-state index contributed by atoms with van der Waals surface area (Å²) < 4.78 is 21.9. The molecule has 1 aromatic carbocycles. The van der Waals surface area contributed by atoms with Crippen LogP contribution in [0.1, 0.15) is 28.9 Å². The molecule has 0 bridgehead atoms. The zero-order chi connectivity index (χ0) is 22.1. The third-order valence-electron chi connectivity index (χ3n) is 5.14. The molecule has 1 unspecified atom stereocenters. The molecule has 1 saturated heterocycles. The summed E-state index contributed by atoms with van der Waals surface area (Å²) in [6, 6.07) is 10.8. The van der Waals surface area contributed by atoms with E-state index < -0.39 is 23.5 Å². The number of nitrogens with zero attached hydrogens (tertiary/aromatic N) is 1. The van der Waals surface area contributed by atoms with Crippen LogP contribution in [0.3, 0.4) is 0 Å². The minimum atomic E-state index is -0.951. The topological polar surface area (TPSA) is 102 Å². The second-order valence-corrected chi connectivity index (χ2v) is 6.99. The van der Waals surface area contributed by atoms with Gasteiger partial charge in [0, 0.05) is 0 Å². The molecule has 0 saturated carbocycles. The minimum absolute atomic E-state index is 0.0296. The Bertz CT molecular complexity index is 1130. The fraction of sp³-hybridized carbons (Fsp3) is 0.217. The number of likely N-dealkylation sites (tertiary alicyclic amines) is 1. The van der Waals surface area contributed by atoms with E-state index in [1.165, 1.54) is 25.4 Å². The van der Waals surface area contributed by atoms with Crippen LogP contribution in [0.4, 0.5) is 0 Å². The molecule has 1 amide bonds. The molecule has 31 heavy (non-hydrogen) atoms. The van der Waals surface area contributed by atoms with E-state index in [1.807, 2.05) is 0 Å². The molecule has 0 aliphatic carbocycles. The lowest BCUT2D eigenvalue weighted by Gasteiger charge is -2.22. The van der Waals surface area contributed by atoms with E-state index in [0.29, 0.717) is 28.8 Å². The molecule has 160 valence electrons. The van der Waals surface area contributed by atoms with E-state index in [-0.39, 0.29) is 17.7 Å².